The second-order valence-electron chi connectivity index (χ2n) is 5.13. The van der Waals surface area contributed by atoms with Crippen molar-refractivity contribution in [2.75, 3.05) is 0 Å². The van der Waals surface area contributed by atoms with Gasteiger partial charge in [-0.2, -0.15) is 0 Å². The third kappa shape index (κ3) is 1.96. The summed E-state index contributed by atoms with van der Waals surface area (Å²) in [5, 5.41) is 1.56. The smallest absolute Gasteiger partial charge is 0.598 e. The van der Waals surface area contributed by atoms with Gasteiger partial charge in [0.2, 0.25) is 0 Å². The van der Waals surface area contributed by atoms with Crippen LogP contribution >= 0.6 is 0 Å². The minimum atomic E-state index is -4.20. The van der Waals surface area contributed by atoms with Gasteiger partial charge >= 0.3 is 7.04 Å². The Morgan fingerprint density at radius 3 is 2.68 bits per heavy atom. The zero-order valence-corrected chi connectivity index (χ0v) is 11.5. The first-order chi connectivity index (χ1) is 10.6. The maximum Gasteiger partial charge on any atom is 0.834 e. The fourth-order valence-electron chi connectivity index (χ4n) is 2.68. The van der Waals surface area contributed by atoms with Gasteiger partial charge in [0.15, 0.2) is 5.69 Å². The molecule has 0 saturated carbocycles. The van der Waals surface area contributed by atoms with Gasteiger partial charge in [0.05, 0.1) is 17.5 Å². The molecule has 0 amide bonds. The molecule has 0 bridgehead atoms. The molecule has 3 aromatic rings. The van der Waals surface area contributed by atoms with Crippen LogP contribution < -0.4 is 4.65 Å². The molecule has 0 saturated heterocycles. The van der Waals surface area contributed by atoms with E-state index in [1.54, 1.807) is 30.5 Å². The van der Waals surface area contributed by atoms with Gasteiger partial charge in [0.1, 0.15) is 6.21 Å². The molecule has 0 fully saturated rings. The van der Waals surface area contributed by atoms with Gasteiger partial charge in [-0.3, -0.25) is 4.98 Å². The van der Waals surface area contributed by atoms with E-state index >= 15 is 0 Å². The fraction of sp³-hybridized carbons (Fsp3) is 0. The highest BCUT2D eigenvalue weighted by atomic mass is 19.3. The van der Waals surface area contributed by atoms with Crippen LogP contribution in [0.25, 0.3) is 10.8 Å². The minimum Gasteiger partial charge on any atom is -0.598 e. The second-order valence-corrected chi connectivity index (χ2v) is 5.13. The van der Waals surface area contributed by atoms with Crippen LogP contribution in [-0.2, 0) is 0 Å². The summed E-state index contributed by atoms with van der Waals surface area (Å²) in [5.41, 5.74) is 0.918. The lowest BCUT2D eigenvalue weighted by Crippen LogP contribution is -2.46. The van der Waals surface area contributed by atoms with Crippen molar-refractivity contribution in [3.63, 3.8) is 0 Å². The number of pyridine rings is 1. The van der Waals surface area contributed by atoms with Crippen molar-refractivity contribution in [1.29, 1.82) is 0 Å². The molecule has 2 heterocycles. The minimum absolute atomic E-state index is 0.225. The molecule has 0 atom stereocenters. The van der Waals surface area contributed by atoms with Gasteiger partial charge in [-0.1, -0.05) is 30.3 Å². The van der Waals surface area contributed by atoms with E-state index in [0.717, 1.165) is 9.87 Å². The number of fused-ring (bicyclic) bond motifs is 3. The first-order valence-electron chi connectivity index (χ1n) is 6.90. The molecular weight excluding hydrogens is 285 g/mol. The van der Waals surface area contributed by atoms with E-state index in [2.05, 4.69) is 4.98 Å². The Bertz CT molecular complexity index is 897. The Kier molecular flexibility index (Phi) is 2.72. The number of hydrogen-bond donors (Lipinski definition) is 0. The average molecular weight is 296 g/mol. The Labute approximate surface area is 125 Å². The molecule has 0 spiro atoms. The summed E-state index contributed by atoms with van der Waals surface area (Å²) in [5.74, 6) is 0.225. The normalized spacial score (nSPS) is 15.8. The van der Waals surface area contributed by atoms with E-state index in [1.807, 2.05) is 24.3 Å². The second kappa shape index (κ2) is 4.63. The van der Waals surface area contributed by atoms with Gasteiger partial charge in [0, 0.05) is 17.6 Å². The molecule has 0 N–H and O–H groups in total. The van der Waals surface area contributed by atoms with Crippen LogP contribution in [0.4, 0.5) is 14.3 Å². The highest BCUT2D eigenvalue weighted by Gasteiger charge is 2.50. The van der Waals surface area contributed by atoms with Gasteiger partial charge in [-0.25, -0.2) is 0 Å². The van der Waals surface area contributed by atoms with Crippen LogP contribution in [0.15, 0.2) is 60.9 Å². The summed E-state index contributed by atoms with van der Waals surface area (Å²) >= 11 is 0. The van der Waals surface area contributed by atoms with E-state index in [1.165, 1.54) is 12.4 Å². The lowest BCUT2D eigenvalue weighted by Gasteiger charge is -2.28. The van der Waals surface area contributed by atoms with Crippen molar-refractivity contribution in [3.8, 4) is 5.75 Å². The van der Waals surface area contributed by atoms with E-state index in [-0.39, 0.29) is 5.75 Å². The Morgan fingerprint density at radius 1 is 1.00 bits per heavy atom. The third-order valence-electron chi connectivity index (χ3n) is 3.72. The molecular formula is C16H11BF2N2O. The number of aromatic nitrogens is 1. The lowest BCUT2D eigenvalue weighted by atomic mass is 9.96. The molecule has 0 unspecified atom stereocenters. The largest absolute Gasteiger partial charge is 0.834 e. The van der Waals surface area contributed by atoms with Gasteiger partial charge < -0.3 is 17.8 Å². The van der Waals surface area contributed by atoms with Gasteiger partial charge in [-0.15, -0.1) is 0 Å². The number of rotatable bonds is 1. The summed E-state index contributed by atoms with van der Waals surface area (Å²) in [6.07, 6.45) is 4.35. The SMILES string of the molecule is F[B-]1(F)Oc2c(ccc3ccccc23)C=[N+]1c1cccnc1. The van der Waals surface area contributed by atoms with Gasteiger partial charge in [0.25, 0.3) is 0 Å². The van der Waals surface area contributed by atoms with Crippen molar-refractivity contribution < 1.29 is 17.8 Å². The topological polar surface area (TPSA) is 25.1 Å². The maximum absolute atomic E-state index is 14.5. The standard InChI is InChI=1S/C16H11BF2N2O/c18-17(19)21(14-5-3-9-20-10-14)11-13-8-7-12-4-1-2-6-15(12)16(13)22-17/h1-11H. The first-order valence-corrected chi connectivity index (χ1v) is 6.90. The molecule has 0 aliphatic carbocycles. The molecule has 1 aliphatic rings. The van der Waals surface area contributed by atoms with E-state index in [9.17, 15) is 8.63 Å². The molecule has 6 heteroatoms. The zero-order chi connectivity index (χ0) is 15.2. The number of halogens is 2. The van der Waals surface area contributed by atoms with Crippen LogP contribution in [0, 0.1) is 0 Å². The van der Waals surface area contributed by atoms with Crippen LogP contribution in [0.3, 0.4) is 0 Å². The predicted molar refractivity (Wildman–Crippen MR) is 81.9 cm³/mol. The number of nitrogens with zero attached hydrogens (tertiary/aromatic N) is 2. The summed E-state index contributed by atoms with van der Waals surface area (Å²) < 4.78 is 34.9. The number of benzene rings is 2. The van der Waals surface area contributed by atoms with Crippen LogP contribution in [-0.4, -0.2) is 22.7 Å². The van der Waals surface area contributed by atoms with Crippen molar-refractivity contribution >= 4 is 29.7 Å². The van der Waals surface area contributed by atoms with Crippen molar-refractivity contribution in [2.45, 2.75) is 0 Å². The maximum atomic E-state index is 14.5. The van der Waals surface area contributed by atoms with E-state index in [0.29, 0.717) is 16.6 Å². The van der Waals surface area contributed by atoms with E-state index < -0.39 is 7.04 Å². The average Bonchev–Trinajstić information content (AvgIpc) is 2.54. The van der Waals surface area contributed by atoms with Crippen molar-refractivity contribution in [1.82, 2.24) is 4.98 Å². The Morgan fingerprint density at radius 2 is 1.86 bits per heavy atom. The lowest BCUT2D eigenvalue weighted by molar-refractivity contribution is -0.343. The molecule has 108 valence electrons. The highest BCUT2D eigenvalue weighted by molar-refractivity contribution is 6.53. The Balaban J connectivity index is 1.96. The van der Waals surface area contributed by atoms with Gasteiger partial charge in [-0.05, 0) is 17.5 Å². The monoisotopic (exact) mass is 296 g/mol. The molecule has 22 heavy (non-hydrogen) atoms. The Hall–Kier alpha value is -2.76. The van der Waals surface area contributed by atoms with Crippen molar-refractivity contribution in [3.05, 3.63) is 66.5 Å². The first kappa shape index (κ1) is 12.9. The fourth-order valence-corrected chi connectivity index (χ4v) is 2.68. The molecule has 2 aromatic carbocycles. The molecule has 1 aliphatic heterocycles. The molecule has 4 rings (SSSR count). The molecule has 1 aromatic heterocycles. The molecule has 3 nitrogen and oxygen atoms in total. The summed E-state index contributed by atoms with van der Waals surface area (Å²) in [6.45, 7) is 0. The quantitative estimate of drug-likeness (QED) is 0.639. The zero-order valence-electron chi connectivity index (χ0n) is 11.5. The van der Waals surface area contributed by atoms with Crippen LogP contribution in [0.2, 0.25) is 0 Å². The number of hydrogen-bond acceptors (Lipinski definition) is 2. The van der Waals surface area contributed by atoms with Crippen LogP contribution in [0.5, 0.6) is 5.75 Å². The third-order valence-corrected chi connectivity index (χ3v) is 3.72. The summed E-state index contributed by atoms with van der Waals surface area (Å²) in [7, 11) is -4.20. The predicted octanol–water partition coefficient (Wildman–Crippen LogP) is 3.76. The van der Waals surface area contributed by atoms with Crippen molar-refractivity contribution in [2.24, 2.45) is 0 Å². The molecule has 0 radical (unpaired) electrons. The highest BCUT2D eigenvalue weighted by Crippen LogP contribution is 2.36. The van der Waals surface area contributed by atoms with E-state index in [4.69, 9.17) is 4.65 Å². The summed E-state index contributed by atoms with van der Waals surface area (Å²) in [6, 6.07) is 14.2. The van der Waals surface area contributed by atoms with Crippen LogP contribution in [0.1, 0.15) is 5.56 Å². The summed E-state index contributed by atoms with van der Waals surface area (Å²) in [4.78, 5) is 3.89.